The highest BCUT2D eigenvalue weighted by atomic mass is 31.2. The number of ether oxygens (including phenoxy) is 4. The maximum atomic E-state index is 13.1. The van der Waals surface area contributed by atoms with Crippen LogP contribution in [-0.4, -0.2) is 96.7 Å². The van der Waals surface area contributed by atoms with Crippen LogP contribution >= 0.6 is 15.6 Å². The van der Waals surface area contributed by atoms with Gasteiger partial charge >= 0.3 is 39.5 Å². The highest BCUT2D eigenvalue weighted by Gasteiger charge is 2.30. The van der Waals surface area contributed by atoms with E-state index in [1.807, 2.05) is 0 Å². The largest absolute Gasteiger partial charge is 0.472 e. The second-order valence-electron chi connectivity index (χ2n) is 28.5. The van der Waals surface area contributed by atoms with Gasteiger partial charge in [-0.05, 0) is 25.7 Å². The molecule has 0 aliphatic rings. The molecule has 0 radical (unpaired) electrons. The molecule has 0 rings (SSSR count). The lowest BCUT2D eigenvalue weighted by molar-refractivity contribution is -0.161. The SMILES string of the molecule is CCCCCCCCCCCCCCCCCCCCCCCC(=O)O[C@H](COC(=O)CCCCCCCCCCCCCCCCCCCCCC)COP(=O)(O)OC[C@@H](O)COP(=O)(O)OC[C@@H](COC(=O)CCCCCCCCCC)OC(=O)CCCCCCCCCCC. The zero-order chi connectivity index (χ0) is 71.8. The summed E-state index contributed by atoms with van der Waals surface area (Å²) in [7, 11) is -9.90. The number of aliphatic hydroxyl groups excluding tert-OH is 1. The molecule has 98 heavy (non-hydrogen) atoms. The van der Waals surface area contributed by atoms with Crippen LogP contribution in [0.5, 0.6) is 0 Å². The van der Waals surface area contributed by atoms with E-state index in [0.717, 1.165) is 96.3 Å². The first-order chi connectivity index (χ1) is 47.7. The molecule has 0 saturated carbocycles. The van der Waals surface area contributed by atoms with Gasteiger partial charge in [-0.3, -0.25) is 37.3 Å². The number of esters is 4. The van der Waals surface area contributed by atoms with E-state index < -0.39 is 97.5 Å². The molecule has 19 heteroatoms. The summed E-state index contributed by atoms with van der Waals surface area (Å²) >= 11 is 0. The van der Waals surface area contributed by atoms with E-state index in [0.29, 0.717) is 25.7 Å². The van der Waals surface area contributed by atoms with Crippen molar-refractivity contribution in [1.82, 2.24) is 0 Å². The minimum Gasteiger partial charge on any atom is -0.462 e. The van der Waals surface area contributed by atoms with E-state index in [9.17, 15) is 43.2 Å². The first-order valence-corrected chi connectivity index (χ1v) is 44.3. The average molecular weight is 1440 g/mol. The number of phosphoric ester groups is 2. The Bertz CT molecular complexity index is 1860. The van der Waals surface area contributed by atoms with Crippen molar-refractivity contribution in [1.29, 1.82) is 0 Å². The Kier molecular flexibility index (Phi) is 71.9. The van der Waals surface area contributed by atoms with Crippen molar-refractivity contribution in [2.75, 3.05) is 39.6 Å². The maximum absolute atomic E-state index is 13.1. The fourth-order valence-electron chi connectivity index (χ4n) is 12.3. The van der Waals surface area contributed by atoms with Gasteiger partial charge in [-0.1, -0.05) is 374 Å². The minimum atomic E-state index is -4.96. The molecule has 0 spiro atoms. The quantitative estimate of drug-likeness (QED) is 0.0222. The third-order valence-corrected chi connectivity index (χ3v) is 20.5. The molecule has 5 atom stereocenters. The van der Waals surface area contributed by atoms with Gasteiger partial charge in [-0.15, -0.1) is 0 Å². The Hall–Kier alpha value is -1.94. The molecular weight excluding hydrogens is 1280 g/mol. The van der Waals surface area contributed by atoms with Crippen LogP contribution in [0.1, 0.15) is 426 Å². The Morgan fingerprint density at radius 2 is 0.408 bits per heavy atom. The molecular formula is C79H154O17P2. The first kappa shape index (κ1) is 96.1. The summed E-state index contributed by atoms with van der Waals surface area (Å²) in [6, 6.07) is 0. The molecule has 0 bridgehead atoms. The molecule has 0 saturated heterocycles. The van der Waals surface area contributed by atoms with E-state index in [-0.39, 0.29) is 25.7 Å². The van der Waals surface area contributed by atoms with Gasteiger partial charge in [-0.25, -0.2) is 9.13 Å². The van der Waals surface area contributed by atoms with Crippen LogP contribution in [0.25, 0.3) is 0 Å². The van der Waals surface area contributed by atoms with Gasteiger partial charge in [0.15, 0.2) is 12.2 Å². The van der Waals surface area contributed by atoms with E-state index >= 15 is 0 Å². The fourth-order valence-corrected chi connectivity index (χ4v) is 13.9. The number of carbonyl (C=O) groups excluding carboxylic acids is 4. The van der Waals surface area contributed by atoms with Crippen LogP contribution < -0.4 is 0 Å². The van der Waals surface area contributed by atoms with Gasteiger partial charge in [0.05, 0.1) is 26.4 Å². The predicted molar refractivity (Wildman–Crippen MR) is 400 cm³/mol. The van der Waals surface area contributed by atoms with Crippen LogP contribution in [0.4, 0.5) is 0 Å². The second kappa shape index (κ2) is 73.4. The Morgan fingerprint density at radius 1 is 0.245 bits per heavy atom. The molecule has 0 aromatic rings. The standard InChI is InChI=1S/C79H154O17P2/c1-5-9-13-17-21-25-27-29-31-33-35-37-39-41-43-45-47-50-54-58-62-66-79(84)96-75(70-90-77(82)64-60-56-52-49-46-44-42-40-38-36-34-32-30-28-26-22-18-14-10-6-2)72-94-98(87,88)92-68-73(80)67-91-97(85,86)93-71-74(69-89-76(81)63-59-55-51-24-20-16-12-8-4)95-78(83)65-61-57-53-48-23-19-15-11-7-3/h73-75,80H,5-72H2,1-4H3,(H,85,86)(H,87,88)/t73-,74+,75+/m0/s1. The van der Waals surface area contributed by atoms with E-state index in [2.05, 4.69) is 27.7 Å². The van der Waals surface area contributed by atoms with Gasteiger partial charge < -0.3 is 33.8 Å². The third kappa shape index (κ3) is 72.4. The predicted octanol–water partition coefficient (Wildman–Crippen LogP) is 23.8. The molecule has 0 aliphatic heterocycles. The monoisotopic (exact) mass is 1440 g/mol. The number of rotatable bonds is 80. The van der Waals surface area contributed by atoms with Crippen molar-refractivity contribution in [3.05, 3.63) is 0 Å². The topological polar surface area (TPSA) is 237 Å². The number of carbonyl (C=O) groups is 4. The number of hydrogen-bond acceptors (Lipinski definition) is 15. The Morgan fingerprint density at radius 3 is 0.602 bits per heavy atom. The molecule has 582 valence electrons. The van der Waals surface area contributed by atoms with Crippen molar-refractivity contribution in [3.63, 3.8) is 0 Å². The molecule has 0 heterocycles. The van der Waals surface area contributed by atoms with Gasteiger partial charge in [0.2, 0.25) is 0 Å². The van der Waals surface area contributed by atoms with E-state index in [1.54, 1.807) is 0 Å². The normalized spacial score (nSPS) is 13.8. The van der Waals surface area contributed by atoms with Gasteiger partial charge in [0.1, 0.15) is 19.3 Å². The Balaban J connectivity index is 5.13. The first-order valence-electron chi connectivity index (χ1n) is 41.3. The number of phosphoric acid groups is 2. The lowest BCUT2D eigenvalue weighted by Gasteiger charge is -2.21. The summed E-state index contributed by atoms with van der Waals surface area (Å²) in [6.45, 7) is 4.95. The molecule has 0 aliphatic carbocycles. The molecule has 2 unspecified atom stereocenters. The molecule has 0 amide bonds. The van der Waals surface area contributed by atoms with Crippen molar-refractivity contribution in [3.8, 4) is 0 Å². The van der Waals surface area contributed by atoms with Crippen LogP contribution in [0.2, 0.25) is 0 Å². The third-order valence-electron chi connectivity index (χ3n) is 18.6. The van der Waals surface area contributed by atoms with Crippen molar-refractivity contribution < 1.29 is 80.2 Å². The van der Waals surface area contributed by atoms with Crippen LogP contribution in [0.3, 0.4) is 0 Å². The summed E-state index contributed by atoms with van der Waals surface area (Å²) in [5.74, 6) is -2.11. The summed E-state index contributed by atoms with van der Waals surface area (Å²) in [5, 5.41) is 10.6. The Labute approximate surface area is 600 Å². The molecule has 0 aromatic heterocycles. The summed E-state index contributed by atoms with van der Waals surface area (Å²) in [6.07, 6.45) is 65.6. The number of hydrogen-bond donors (Lipinski definition) is 3. The van der Waals surface area contributed by atoms with Crippen molar-refractivity contribution >= 4 is 39.5 Å². The average Bonchev–Trinajstić information content (AvgIpc) is 1.04. The van der Waals surface area contributed by atoms with E-state index in [4.69, 9.17) is 37.0 Å². The number of aliphatic hydroxyl groups is 1. The number of unbranched alkanes of at least 4 members (excludes halogenated alkanes) is 54. The second-order valence-corrected chi connectivity index (χ2v) is 31.4. The van der Waals surface area contributed by atoms with Crippen LogP contribution in [0, 0.1) is 0 Å². The zero-order valence-corrected chi connectivity index (χ0v) is 65.6. The molecule has 17 nitrogen and oxygen atoms in total. The maximum Gasteiger partial charge on any atom is 0.472 e. The van der Waals surface area contributed by atoms with Gasteiger partial charge in [-0.2, -0.15) is 0 Å². The lowest BCUT2D eigenvalue weighted by atomic mass is 10.0. The van der Waals surface area contributed by atoms with Gasteiger partial charge in [0, 0.05) is 25.7 Å². The smallest absolute Gasteiger partial charge is 0.462 e. The minimum absolute atomic E-state index is 0.106. The molecule has 3 N–H and O–H groups in total. The summed E-state index contributed by atoms with van der Waals surface area (Å²) in [5.41, 5.74) is 0. The highest BCUT2D eigenvalue weighted by Crippen LogP contribution is 2.45. The fraction of sp³-hybridized carbons (Fsp3) is 0.949. The highest BCUT2D eigenvalue weighted by molar-refractivity contribution is 7.47. The van der Waals surface area contributed by atoms with Crippen molar-refractivity contribution in [2.24, 2.45) is 0 Å². The summed E-state index contributed by atoms with van der Waals surface area (Å²) in [4.78, 5) is 72.7. The van der Waals surface area contributed by atoms with E-state index in [1.165, 1.54) is 250 Å². The van der Waals surface area contributed by atoms with Crippen LogP contribution in [-0.2, 0) is 65.4 Å². The van der Waals surface area contributed by atoms with Crippen molar-refractivity contribution in [2.45, 2.75) is 444 Å². The van der Waals surface area contributed by atoms with Crippen LogP contribution in [0.15, 0.2) is 0 Å². The van der Waals surface area contributed by atoms with Gasteiger partial charge in [0.25, 0.3) is 0 Å². The lowest BCUT2D eigenvalue weighted by Crippen LogP contribution is -2.30. The zero-order valence-electron chi connectivity index (χ0n) is 63.8. The molecule has 0 aromatic carbocycles. The molecule has 0 fully saturated rings. The summed E-state index contributed by atoms with van der Waals surface area (Å²) < 4.78 is 68.5.